The van der Waals surface area contributed by atoms with Gasteiger partial charge in [-0.05, 0) is 0 Å². The molecule has 1 fully saturated rings. The number of carbonyl (C=O) groups excluding carboxylic acids is 1. The summed E-state index contributed by atoms with van der Waals surface area (Å²) < 4.78 is 1.07. The number of rotatable bonds is 2. The zero-order chi connectivity index (χ0) is 10.6. The normalized spacial score (nSPS) is 22.8. The average molecular weight is 200 g/mol. The molecule has 14 heavy (non-hydrogen) atoms. The summed E-state index contributed by atoms with van der Waals surface area (Å²) in [5.74, 6) is 0.122. The highest BCUT2D eigenvalue weighted by Gasteiger charge is 2.22. The first-order valence-electron chi connectivity index (χ1n) is 5.28. The van der Waals surface area contributed by atoms with Crippen LogP contribution in [0.5, 0.6) is 0 Å². The number of nitrogens with zero attached hydrogens (tertiary/aromatic N) is 2. The molecule has 0 bridgehead atoms. The molecule has 1 heterocycles. The minimum absolute atomic E-state index is 0.122. The molecule has 0 aromatic heterocycles. The summed E-state index contributed by atoms with van der Waals surface area (Å²) in [5.41, 5.74) is 0. The van der Waals surface area contributed by atoms with Gasteiger partial charge in [-0.2, -0.15) is 0 Å². The maximum Gasteiger partial charge on any atom is 0.233 e. The Hall–Kier alpha value is -0.610. The highest BCUT2D eigenvalue weighted by atomic mass is 16.1. The van der Waals surface area contributed by atoms with Gasteiger partial charge >= 0.3 is 0 Å². The second-order valence-electron chi connectivity index (χ2n) is 4.69. The molecular formula is C10H22N3O+. The summed E-state index contributed by atoms with van der Waals surface area (Å²) in [7, 11) is 6.20. The van der Waals surface area contributed by atoms with E-state index in [4.69, 9.17) is 0 Å². The van der Waals surface area contributed by atoms with Crippen molar-refractivity contribution in [3.63, 3.8) is 0 Å². The molecule has 0 spiro atoms. The standard InChI is InChI=1S/C10H21N3O/c1-11-10(14)9-12-5-4-7-13(2,3)8-6-12/h4-9H2,1-3H3/p+1. The highest BCUT2D eigenvalue weighted by molar-refractivity contribution is 5.77. The molecule has 0 unspecified atom stereocenters. The number of likely N-dealkylation sites (N-methyl/N-ethyl adjacent to an activating group) is 2. The molecule has 1 aliphatic rings. The van der Waals surface area contributed by atoms with Gasteiger partial charge in [0, 0.05) is 26.6 Å². The van der Waals surface area contributed by atoms with Gasteiger partial charge < -0.3 is 9.80 Å². The number of hydrogen-bond acceptors (Lipinski definition) is 2. The maximum atomic E-state index is 11.2. The van der Waals surface area contributed by atoms with Crippen LogP contribution in [0.2, 0.25) is 0 Å². The fourth-order valence-electron chi connectivity index (χ4n) is 1.80. The van der Waals surface area contributed by atoms with E-state index in [9.17, 15) is 4.79 Å². The van der Waals surface area contributed by atoms with Crippen molar-refractivity contribution in [1.82, 2.24) is 10.2 Å². The van der Waals surface area contributed by atoms with Crippen LogP contribution in [0.25, 0.3) is 0 Å². The smallest absolute Gasteiger partial charge is 0.233 e. The highest BCUT2D eigenvalue weighted by Crippen LogP contribution is 2.06. The van der Waals surface area contributed by atoms with Gasteiger partial charge in [0.05, 0.1) is 33.7 Å². The monoisotopic (exact) mass is 200 g/mol. The summed E-state index contributed by atoms with van der Waals surface area (Å²) in [6.07, 6.45) is 1.18. The van der Waals surface area contributed by atoms with Crippen LogP contribution in [0.4, 0.5) is 0 Å². The Kier molecular flexibility index (Phi) is 3.89. The van der Waals surface area contributed by atoms with Crippen LogP contribution in [0, 0.1) is 0 Å². The van der Waals surface area contributed by atoms with Crippen molar-refractivity contribution >= 4 is 5.91 Å². The third-order valence-electron chi connectivity index (χ3n) is 2.91. The lowest BCUT2D eigenvalue weighted by Crippen LogP contribution is -2.43. The minimum Gasteiger partial charge on any atom is -0.358 e. The Morgan fingerprint density at radius 2 is 2.07 bits per heavy atom. The second-order valence-corrected chi connectivity index (χ2v) is 4.69. The summed E-state index contributed by atoms with van der Waals surface area (Å²) in [5, 5.41) is 2.67. The van der Waals surface area contributed by atoms with Crippen LogP contribution in [-0.4, -0.2) is 69.2 Å². The number of amides is 1. The van der Waals surface area contributed by atoms with E-state index in [0.29, 0.717) is 6.54 Å². The van der Waals surface area contributed by atoms with Crippen molar-refractivity contribution in [2.24, 2.45) is 0 Å². The molecule has 82 valence electrons. The molecule has 1 aliphatic heterocycles. The van der Waals surface area contributed by atoms with E-state index in [2.05, 4.69) is 24.3 Å². The second kappa shape index (κ2) is 4.75. The van der Waals surface area contributed by atoms with Gasteiger partial charge in [-0.25, -0.2) is 0 Å². The van der Waals surface area contributed by atoms with E-state index in [1.165, 1.54) is 13.0 Å². The Balaban J connectivity index is 2.38. The molecule has 4 nitrogen and oxygen atoms in total. The van der Waals surface area contributed by atoms with Crippen LogP contribution >= 0.6 is 0 Å². The molecule has 1 N–H and O–H groups in total. The molecule has 1 saturated heterocycles. The molecule has 0 atom stereocenters. The van der Waals surface area contributed by atoms with Crippen molar-refractivity contribution in [1.29, 1.82) is 0 Å². The molecule has 0 radical (unpaired) electrons. The van der Waals surface area contributed by atoms with Gasteiger partial charge in [0.2, 0.25) is 5.91 Å². The lowest BCUT2D eigenvalue weighted by atomic mass is 10.3. The third-order valence-corrected chi connectivity index (χ3v) is 2.91. The Bertz CT molecular complexity index is 204. The van der Waals surface area contributed by atoms with Crippen LogP contribution in [0.3, 0.4) is 0 Å². The van der Waals surface area contributed by atoms with Crippen LogP contribution in [0.1, 0.15) is 6.42 Å². The predicted molar refractivity (Wildman–Crippen MR) is 57.0 cm³/mol. The van der Waals surface area contributed by atoms with Crippen molar-refractivity contribution in [2.75, 3.05) is 53.9 Å². The van der Waals surface area contributed by atoms with E-state index in [1.54, 1.807) is 7.05 Å². The predicted octanol–water partition coefficient (Wildman–Crippen LogP) is -0.485. The van der Waals surface area contributed by atoms with E-state index in [-0.39, 0.29) is 5.91 Å². The molecule has 0 aliphatic carbocycles. The van der Waals surface area contributed by atoms with Crippen molar-refractivity contribution in [2.45, 2.75) is 6.42 Å². The molecule has 4 heteroatoms. The van der Waals surface area contributed by atoms with E-state index >= 15 is 0 Å². The maximum absolute atomic E-state index is 11.2. The number of nitrogens with one attached hydrogen (secondary N) is 1. The topological polar surface area (TPSA) is 32.3 Å². The number of hydrogen-bond donors (Lipinski definition) is 1. The first-order valence-corrected chi connectivity index (χ1v) is 5.28. The summed E-state index contributed by atoms with van der Waals surface area (Å²) >= 11 is 0. The number of quaternary nitrogens is 1. The zero-order valence-corrected chi connectivity index (χ0v) is 9.55. The van der Waals surface area contributed by atoms with E-state index < -0.39 is 0 Å². The summed E-state index contributed by atoms with van der Waals surface area (Å²) in [4.78, 5) is 13.4. The van der Waals surface area contributed by atoms with Gasteiger partial charge in [0.1, 0.15) is 0 Å². The quantitative estimate of drug-likeness (QED) is 0.610. The first-order chi connectivity index (χ1) is 6.53. The van der Waals surface area contributed by atoms with Gasteiger partial charge in [-0.3, -0.25) is 9.69 Å². The van der Waals surface area contributed by atoms with Crippen molar-refractivity contribution in [3.8, 4) is 0 Å². The fourth-order valence-corrected chi connectivity index (χ4v) is 1.80. The SMILES string of the molecule is CNC(=O)CN1CCC[N+](C)(C)CC1. The van der Waals surface area contributed by atoms with Crippen LogP contribution in [-0.2, 0) is 4.79 Å². The van der Waals surface area contributed by atoms with Crippen LogP contribution < -0.4 is 5.32 Å². The lowest BCUT2D eigenvalue weighted by Gasteiger charge is -2.27. The molecule has 0 aromatic rings. The van der Waals surface area contributed by atoms with Gasteiger partial charge in [-0.15, -0.1) is 0 Å². The molecule has 0 aromatic carbocycles. The van der Waals surface area contributed by atoms with Crippen molar-refractivity contribution in [3.05, 3.63) is 0 Å². The average Bonchev–Trinajstić information content (AvgIpc) is 2.28. The fraction of sp³-hybridized carbons (Fsp3) is 0.900. The third kappa shape index (κ3) is 3.64. The Morgan fingerprint density at radius 1 is 1.36 bits per heavy atom. The summed E-state index contributed by atoms with van der Waals surface area (Å²) in [6, 6.07) is 0. The van der Waals surface area contributed by atoms with Crippen LogP contribution in [0.15, 0.2) is 0 Å². The largest absolute Gasteiger partial charge is 0.358 e. The minimum atomic E-state index is 0.122. The molecule has 1 amide bonds. The Morgan fingerprint density at radius 3 is 2.71 bits per heavy atom. The van der Waals surface area contributed by atoms with Gasteiger partial charge in [0.15, 0.2) is 0 Å². The van der Waals surface area contributed by atoms with E-state index in [0.717, 1.165) is 24.1 Å². The van der Waals surface area contributed by atoms with E-state index in [1.807, 2.05) is 0 Å². The molecular weight excluding hydrogens is 178 g/mol. The van der Waals surface area contributed by atoms with Crippen molar-refractivity contribution < 1.29 is 9.28 Å². The number of carbonyl (C=O) groups is 1. The molecule has 1 rings (SSSR count). The Labute approximate surface area is 86.5 Å². The van der Waals surface area contributed by atoms with Gasteiger partial charge in [-0.1, -0.05) is 0 Å². The van der Waals surface area contributed by atoms with Gasteiger partial charge in [0.25, 0.3) is 0 Å². The summed E-state index contributed by atoms with van der Waals surface area (Å²) in [6.45, 7) is 4.98. The zero-order valence-electron chi connectivity index (χ0n) is 9.55. The first kappa shape index (κ1) is 11.5. The lowest BCUT2D eigenvalue weighted by molar-refractivity contribution is -0.888. The molecule has 0 saturated carbocycles.